The fraction of sp³-hybridized carbons (Fsp3) is 0.722. The van der Waals surface area contributed by atoms with Gasteiger partial charge in [-0.2, -0.15) is 0 Å². The molecule has 2 nitrogen and oxygen atoms in total. The lowest BCUT2D eigenvalue weighted by molar-refractivity contribution is -0.121. The summed E-state index contributed by atoms with van der Waals surface area (Å²) in [6.07, 6.45) is 15.0. The molecule has 1 aromatic rings. The van der Waals surface area contributed by atoms with E-state index in [2.05, 4.69) is 5.32 Å². The predicted molar refractivity (Wildman–Crippen MR) is 90.7 cm³/mol. The van der Waals surface area contributed by atoms with Crippen LogP contribution in [0.3, 0.4) is 0 Å². The zero-order chi connectivity index (χ0) is 14.8. The van der Waals surface area contributed by atoms with Crippen LogP contribution in [0.25, 0.3) is 0 Å². The summed E-state index contributed by atoms with van der Waals surface area (Å²) in [5, 5.41) is 5.32. The molecule has 1 N–H and O–H groups in total. The predicted octanol–water partition coefficient (Wildman–Crippen LogP) is 5.08. The highest BCUT2D eigenvalue weighted by Crippen LogP contribution is 2.17. The highest BCUT2D eigenvalue weighted by molar-refractivity contribution is 7.10. The minimum Gasteiger partial charge on any atom is -0.353 e. The van der Waals surface area contributed by atoms with E-state index in [1.165, 1.54) is 62.7 Å². The number of amides is 1. The first kappa shape index (κ1) is 16.5. The number of thiophene rings is 1. The van der Waals surface area contributed by atoms with Crippen LogP contribution in [-0.2, 0) is 11.2 Å². The molecule has 1 aliphatic rings. The third kappa shape index (κ3) is 7.12. The third-order valence-electron chi connectivity index (χ3n) is 4.39. The molecule has 0 aromatic carbocycles. The van der Waals surface area contributed by atoms with Crippen molar-refractivity contribution in [3.63, 3.8) is 0 Å². The quantitative estimate of drug-likeness (QED) is 0.829. The highest BCUT2D eigenvalue weighted by atomic mass is 32.1. The first-order valence-corrected chi connectivity index (χ1v) is 9.54. The lowest BCUT2D eigenvalue weighted by Gasteiger charge is -2.19. The van der Waals surface area contributed by atoms with Gasteiger partial charge >= 0.3 is 0 Å². The molecule has 0 atom stereocenters. The van der Waals surface area contributed by atoms with Gasteiger partial charge < -0.3 is 5.32 Å². The summed E-state index contributed by atoms with van der Waals surface area (Å²) in [5.74, 6) is 0.203. The summed E-state index contributed by atoms with van der Waals surface area (Å²) in [5.41, 5.74) is 0. The molecule has 0 aliphatic heterocycles. The maximum absolute atomic E-state index is 12.1. The molecule has 118 valence electrons. The average molecular weight is 308 g/mol. The first-order valence-electron chi connectivity index (χ1n) is 8.66. The molecule has 2 rings (SSSR count). The normalized spacial score (nSPS) is 19.4. The van der Waals surface area contributed by atoms with Crippen molar-refractivity contribution in [2.24, 2.45) is 0 Å². The summed E-state index contributed by atoms with van der Waals surface area (Å²) in [6, 6.07) is 4.46. The summed E-state index contributed by atoms with van der Waals surface area (Å²) < 4.78 is 0. The Morgan fingerprint density at radius 2 is 1.57 bits per heavy atom. The van der Waals surface area contributed by atoms with E-state index < -0.39 is 0 Å². The number of carbonyl (C=O) groups excluding carboxylic acids is 1. The minimum absolute atomic E-state index is 0.203. The summed E-state index contributed by atoms with van der Waals surface area (Å²) in [6.45, 7) is 0. The van der Waals surface area contributed by atoms with Crippen LogP contribution in [0, 0.1) is 0 Å². The first-order chi connectivity index (χ1) is 10.3. The fourth-order valence-corrected chi connectivity index (χ4v) is 3.86. The van der Waals surface area contributed by atoms with Crippen LogP contribution in [-0.4, -0.2) is 11.9 Å². The topological polar surface area (TPSA) is 29.1 Å². The minimum atomic E-state index is 0.203. The van der Waals surface area contributed by atoms with Crippen LogP contribution in [0.15, 0.2) is 17.5 Å². The Hall–Kier alpha value is -0.830. The second kappa shape index (κ2) is 9.99. The molecule has 3 heteroatoms. The number of rotatable bonds is 3. The van der Waals surface area contributed by atoms with Crippen LogP contribution in [0.5, 0.6) is 0 Å². The number of carbonyl (C=O) groups is 1. The molecule has 0 spiro atoms. The lowest BCUT2D eigenvalue weighted by atomic mass is 9.98. The van der Waals surface area contributed by atoms with Gasteiger partial charge in [0.1, 0.15) is 0 Å². The number of nitrogens with one attached hydrogen (secondary N) is 1. The molecule has 0 saturated heterocycles. The largest absolute Gasteiger partial charge is 0.353 e. The molecule has 1 amide bonds. The maximum atomic E-state index is 12.1. The van der Waals surface area contributed by atoms with E-state index in [1.54, 1.807) is 11.3 Å². The van der Waals surface area contributed by atoms with Crippen molar-refractivity contribution in [1.29, 1.82) is 0 Å². The van der Waals surface area contributed by atoms with Gasteiger partial charge in [0.05, 0.1) is 6.42 Å². The van der Waals surface area contributed by atoms with Gasteiger partial charge in [-0.1, -0.05) is 63.9 Å². The third-order valence-corrected chi connectivity index (χ3v) is 5.26. The van der Waals surface area contributed by atoms with Gasteiger partial charge in [-0.05, 0) is 24.3 Å². The van der Waals surface area contributed by atoms with Crippen molar-refractivity contribution in [1.82, 2.24) is 5.32 Å². The van der Waals surface area contributed by atoms with Gasteiger partial charge in [0.2, 0.25) is 5.91 Å². The van der Waals surface area contributed by atoms with Gasteiger partial charge in [0, 0.05) is 10.9 Å². The van der Waals surface area contributed by atoms with E-state index in [0.717, 1.165) is 12.8 Å². The number of hydrogen-bond acceptors (Lipinski definition) is 2. The molecule has 1 aliphatic carbocycles. The molecular weight excluding hydrogens is 278 g/mol. The molecule has 1 fully saturated rings. The van der Waals surface area contributed by atoms with E-state index in [1.807, 2.05) is 17.5 Å². The van der Waals surface area contributed by atoms with Crippen molar-refractivity contribution in [2.45, 2.75) is 83.1 Å². The Balaban J connectivity index is 1.75. The molecule has 1 heterocycles. The van der Waals surface area contributed by atoms with Gasteiger partial charge in [-0.25, -0.2) is 0 Å². The van der Waals surface area contributed by atoms with Crippen molar-refractivity contribution in [2.75, 3.05) is 0 Å². The van der Waals surface area contributed by atoms with Crippen molar-refractivity contribution < 1.29 is 4.79 Å². The van der Waals surface area contributed by atoms with E-state index in [0.29, 0.717) is 12.5 Å². The van der Waals surface area contributed by atoms with Crippen LogP contribution >= 0.6 is 11.3 Å². The molecule has 0 bridgehead atoms. The molecular formula is C18H29NOS. The fourth-order valence-electron chi connectivity index (χ4n) is 3.16. The Morgan fingerprint density at radius 1 is 1.00 bits per heavy atom. The van der Waals surface area contributed by atoms with Crippen LogP contribution in [0.4, 0.5) is 0 Å². The molecule has 1 aromatic heterocycles. The van der Waals surface area contributed by atoms with Gasteiger partial charge in [0.15, 0.2) is 0 Å². The summed E-state index contributed by atoms with van der Waals surface area (Å²) >= 11 is 1.67. The standard InChI is InChI=1S/C18H29NOS/c20-18(15-17-13-10-14-21-17)19-16-11-8-6-4-2-1-3-5-7-9-12-16/h10,13-14,16H,1-9,11-12,15H2,(H,19,20). The zero-order valence-corrected chi connectivity index (χ0v) is 13.9. The molecule has 1 saturated carbocycles. The van der Waals surface area contributed by atoms with Crippen molar-refractivity contribution in [3.05, 3.63) is 22.4 Å². The van der Waals surface area contributed by atoms with Crippen LogP contribution < -0.4 is 5.32 Å². The van der Waals surface area contributed by atoms with E-state index in [4.69, 9.17) is 0 Å². The molecule has 0 radical (unpaired) electrons. The molecule has 21 heavy (non-hydrogen) atoms. The zero-order valence-electron chi connectivity index (χ0n) is 13.1. The SMILES string of the molecule is O=C(Cc1cccs1)NC1CCCCCCCCCCC1. The van der Waals surface area contributed by atoms with E-state index >= 15 is 0 Å². The van der Waals surface area contributed by atoms with E-state index in [9.17, 15) is 4.79 Å². The maximum Gasteiger partial charge on any atom is 0.225 e. The average Bonchev–Trinajstić information content (AvgIpc) is 2.94. The van der Waals surface area contributed by atoms with Crippen LogP contribution in [0.2, 0.25) is 0 Å². The van der Waals surface area contributed by atoms with Gasteiger partial charge in [-0.15, -0.1) is 11.3 Å². The Kier molecular flexibility index (Phi) is 7.87. The number of hydrogen-bond donors (Lipinski definition) is 1. The van der Waals surface area contributed by atoms with Crippen molar-refractivity contribution in [3.8, 4) is 0 Å². The summed E-state index contributed by atoms with van der Waals surface area (Å²) in [7, 11) is 0. The van der Waals surface area contributed by atoms with Gasteiger partial charge in [-0.3, -0.25) is 4.79 Å². The monoisotopic (exact) mass is 307 g/mol. The van der Waals surface area contributed by atoms with Crippen molar-refractivity contribution >= 4 is 17.2 Å². The van der Waals surface area contributed by atoms with Gasteiger partial charge in [0.25, 0.3) is 0 Å². The molecule has 0 unspecified atom stereocenters. The highest BCUT2D eigenvalue weighted by Gasteiger charge is 2.13. The smallest absolute Gasteiger partial charge is 0.225 e. The second-order valence-corrected chi connectivity index (χ2v) is 7.31. The Bertz CT molecular complexity index is 376. The summed E-state index contributed by atoms with van der Waals surface area (Å²) in [4.78, 5) is 13.3. The Morgan fingerprint density at radius 3 is 2.10 bits per heavy atom. The Labute approximate surface area is 133 Å². The van der Waals surface area contributed by atoms with E-state index in [-0.39, 0.29) is 5.91 Å². The lowest BCUT2D eigenvalue weighted by Crippen LogP contribution is -2.35. The second-order valence-electron chi connectivity index (χ2n) is 6.28. The van der Waals surface area contributed by atoms with Crippen LogP contribution in [0.1, 0.15) is 75.5 Å².